The number of halogens is 1. The maximum atomic E-state index is 13.1. The molecule has 3 heterocycles. The van der Waals surface area contributed by atoms with E-state index in [-0.39, 0.29) is 34.5 Å². The number of hydrogen-bond acceptors (Lipinski definition) is 4. The Morgan fingerprint density at radius 1 is 1.06 bits per heavy atom. The average Bonchev–Trinajstić information content (AvgIpc) is 3.24. The fraction of sp³-hybridized carbons (Fsp3) is 0.500. The number of carbonyl (C=O) groups excluding carboxylic acids is 3. The zero-order valence-corrected chi connectivity index (χ0v) is 20.7. The molecule has 0 spiro atoms. The number of piperazine rings is 1. The molecule has 2 aliphatic heterocycles. The van der Waals surface area contributed by atoms with E-state index in [1.54, 1.807) is 47.1 Å². The second kappa shape index (κ2) is 9.76. The van der Waals surface area contributed by atoms with E-state index in [2.05, 4.69) is 24.4 Å². The monoisotopic (exact) mass is 487 g/mol. The molecule has 2 aliphatic rings. The Morgan fingerprint density at radius 2 is 1.71 bits per heavy atom. The number of quaternary nitrogens is 1. The molecule has 0 radical (unpaired) electrons. The lowest BCUT2D eigenvalue weighted by Gasteiger charge is -2.40. The van der Waals surface area contributed by atoms with E-state index < -0.39 is 0 Å². The van der Waals surface area contributed by atoms with Crippen LogP contribution in [0.1, 0.15) is 33.8 Å². The molecule has 2 fully saturated rings. The summed E-state index contributed by atoms with van der Waals surface area (Å²) in [7, 11) is 6.15. The number of benzene rings is 1. The number of hydrogen-bond donors (Lipinski definition) is 1. The van der Waals surface area contributed by atoms with Crippen LogP contribution in [0.2, 0.25) is 5.02 Å². The van der Waals surface area contributed by atoms with Crippen LogP contribution in [-0.2, 0) is 11.8 Å². The lowest BCUT2D eigenvalue weighted by atomic mass is 9.94. The van der Waals surface area contributed by atoms with Crippen LogP contribution in [0.5, 0.6) is 0 Å². The van der Waals surface area contributed by atoms with Crippen molar-refractivity contribution in [1.82, 2.24) is 19.4 Å². The van der Waals surface area contributed by atoms with E-state index in [9.17, 15) is 14.4 Å². The molecule has 0 unspecified atom stereocenters. The summed E-state index contributed by atoms with van der Waals surface area (Å²) in [5, 5.41) is 3.02. The predicted octanol–water partition coefficient (Wildman–Crippen LogP) is 2.10. The van der Waals surface area contributed by atoms with E-state index in [0.717, 1.165) is 30.4 Å². The topological polar surface area (TPSA) is 87.5 Å². The van der Waals surface area contributed by atoms with E-state index in [0.29, 0.717) is 37.4 Å². The Balaban J connectivity index is 1.32. The van der Waals surface area contributed by atoms with Crippen LogP contribution >= 0.6 is 11.6 Å². The van der Waals surface area contributed by atoms with Gasteiger partial charge in [0.2, 0.25) is 5.91 Å². The van der Waals surface area contributed by atoms with Crippen LogP contribution in [0, 0.1) is 5.92 Å². The first-order valence-electron chi connectivity index (χ1n) is 11.6. The van der Waals surface area contributed by atoms with Gasteiger partial charge in [-0.1, -0.05) is 11.6 Å². The van der Waals surface area contributed by atoms with Crippen molar-refractivity contribution in [1.29, 1.82) is 0 Å². The van der Waals surface area contributed by atoms with E-state index in [1.807, 2.05) is 4.90 Å². The molecule has 10 heteroatoms. The Morgan fingerprint density at radius 3 is 2.29 bits per heavy atom. The van der Waals surface area contributed by atoms with Gasteiger partial charge in [-0.05, 0) is 18.2 Å². The van der Waals surface area contributed by atoms with Gasteiger partial charge in [-0.3, -0.25) is 14.4 Å². The number of imidazole rings is 1. The van der Waals surface area contributed by atoms with Crippen LogP contribution in [0.25, 0.3) is 0 Å². The summed E-state index contributed by atoms with van der Waals surface area (Å²) in [6.45, 7) is 4.07. The average molecular weight is 488 g/mol. The third-order valence-corrected chi connectivity index (χ3v) is 7.19. The first kappa shape index (κ1) is 24.2. The molecule has 2 saturated heterocycles. The number of carbonyl (C=O) groups is 3. The number of anilines is 1. The second-order valence-electron chi connectivity index (χ2n) is 9.79. The first-order valence-corrected chi connectivity index (χ1v) is 12.0. The largest absolute Gasteiger partial charge is 0.339 e. The van der Waals surface area contributed by atoms with Crippen molar-refractivity contribution in [2.45, 2.75) is 12.8 Å². The predicted molar refractivity (Wildman–Crippen MR) is 130 cm³/mol. The SMILES string of the molecule is Cn1ccnc1C(=O)Nc1ccc(C(=O)N2CCN(C(=O)C3CC[N+](C)(C)CC3)CC2)c(Cl)c1. The molecule has 1 aromatic carbocycles. The standard InChI is InChI=1S/C24H31ClN6O3/c1-28-9-8-26-21(28)22(32)27-18-4-5-19(20(25)16-18)24(34)30-12-10-29(11-13-30)23(33)17-6-14-31(2,3)15-7-17/h4-5,8-9,16-17H,6-7,10-15H2,1-3H3/p+1. The molecule has 9 nitrogen and oxygen atoms in total. The number of piperidine rings is 1. The molecule has 34 heavy (non-hydrogen) atoms. The number of amides is 3. The minimum absolute atomic E-state index is 0.0939. The highest BCUT2D eigenvalue weighted by molar-refractivity contribution is 6.34. The summed E-state index contributed by atoms with van der Waals surface area (Å²) in [5.74, 6) is 0.0633. The normalized spacial score (nSPS) is 18.6. The van der Waals surface area contributed by atoms with E-state index in [4.69, 9.17) is 11.6 Å². The lowest BCUT2D eigenvalue weighted by molar-refractivity contribution is -0.895. The number of aromatic nitrogens is 2. The van der Waals surface area contributed by atoms with Gasteiger partial charge < -0.3 is 24.2 Å². The fourth-order valence-corrected chi connectivity index (χ4v) is 4.87. The molecule has 3 amide bonds. The number of rotatable bonds is 4. The van der Waals surface area contributed by atoms with Gasteiger partial charge in [0.15, 0.2) is 5.82 Å². The van der Waals surface area contributed by atoms with Gasteiger partial charge in [-0.25, -0.2) is 4.98 Å². The fourth-order valence-electron chi connectivity index (χ4n) is 4.61. The van der Waals surface area contributed by atoms with Crippen LogP contribution in [0.3, 0.4) is 0 Å². The van der Waals surface area contributed by atoms with Gasteiger partial charge >= 0.3 is 0 Å². The van der Waals surface area contributed by atoms with Crippen LogP contribution in [0.4, 0.5) is 5.69 Å². The Hall–Kier alpha value is -2.91. The number of likely N-dealkylation sites (tertiary alicyclic amines) is 1. The summed E-state index contributed by atoms with van der Waals surface area (Å²) < 4.78 is 2.59. The Bertz CT molecular complexity index is 1080. The number of aryl methyl sites for hydroxylation is 1. The molecule has 0 bridgehead atoms. The van der Waals surface area contributed by atoms with Gasteiger partial charge in [0, 0.05) is 70.1 Å². The zero-order chi connectivity index (χ0) is 24.5. The highest BCUT2D eigenvalue weighted by atomic mass is 35.5. The molecule has 2 aromatic rings. The maximum Gasteiger partial charge on any atom is 0.291 e. The molecule has 0 saturated carbocycles. The highest BCUT2D eigenvalue weighted by Gasteiger charge is 2.34. The second-order valence-corrected chi connectivity index (χ2v) is 10.2. The number of nitrogens with zero attached hydrogens (tertiary/aromatic N) is 5. The molecule has 0 atom stereocenters. The molecule has 4 rings (SSSR count). The van der Waals surface area contributed by atoms with Crippen molar-refractivity contribution in [3.63, 3.8) is 0 Å². The van der Waals surface area contributed by atoms with Crippen molar-refractivity contribution < 1.29 is 18.9 Å². The molecular weight excluding hydrogens is 456 g/mol. The van der Waals surface area contributed by atoms with Gasteiger partial charge in [0.05, 0.1) is 37.8 Å². The van der Waals surface area contributed by atoms with Crippen LogP contribution in [-0.4, -0.2) is 94.9 Å². The van der Waals surface area contributed by atoms with Crippen molar-refractivity contribution in [2.75, 3.05) is 58.7 Å². The van der Waals surface area contributed by atoms with Crippen molar-refractivity contribution in [3.8, 4) is 0 Å². The smallest absolute Gasteiger partial charge is 0.291 e. The highest BCUT2D eigenvalue weighted by Crippen LogP contribution is 2.25. The van der Waals surface area contributed by atoms with E-state index >= 15 is 0 Å². The zero-order valence-electron chi connectivity index (χ0n) is 20.0. The van der Waals surface area contributed by atoms with Crippen molar-refractivity contribution in [3.05, 3.63) is 47.0 Å². The molecular formula is C24H32ClN6O3+. The third kappa shape index (κ3) is 5.26. The molecule has 182 valence electrons. The summed E-state index contributed by atoms with van der Waals surface area (Å²) in [4.78, 5) is 46.0. The van der Waals surface area contributed by atoms with Crippen molar-refractivity contribution in [2.24, 2.45) is 13.0 Å². The molecule has 1 N–H and O–H groups in total. The number of nitrogens with one attached hydrogen (secondary N) is 1. The van der Waals surface area contributed by atoms with Crippen LogP contribution < -0.4 is 5.32 Å². The quantitative estimate of drug-likeness (QED) is 0.669. The minimum Gasteiger partial charge on any atom is -0.339 e. The van der Waals surface area contributed by atoms with E-state index in [1.165, 1.54) is 0 Å². The lowest BCUT2D eigenvalue weighted by Crippen LogP contribution is -2.54. The van der Waals surface area contributed by atoms with Gasteiger partial charge in [0.1, 0.15) is 0 Å². The summed E-state index contributed by atoms with van der Waals surface area (Å²) in [6, 6.07) is 4.85. The van der Waals surface area contributed by atoms with Crippen LogP contribution in [0.15, 0.2) is 30.6 Å². The third-order valence-electron chi connectivity index (χ3n) is 6.88. The minimum atomic E-state index is -0.357. The molecule has 0 aliphatic carbocycles. The Kier molecular flexibility index (Phi) is 6.95. The van der Waals surface area contributed by atoms with Gasteiger partial charge in [0.25, 0.3) is 11.8 Å². The molecule has 1 aromatic heterocycles. The maximum absolute atomic E-state index is 13.1. The first-order chi connectivity index (χ1) is 16.1. The van der Waals surface area contributed by atoms with Crippen molar-refractivity contribution >= 4 is 35.0 Å². The summed E-state index contributed by atoms with van der Waals surface area (Å²) in [6.07, 6.45) is 5.07. The Labute approximate surface area is 204 Å². The summed E-state index contributed by atoms with van der Waals surface area (Å²) >= 11 is 6.40. The van der Waals surface area contributed by atoms with Gasteiger partial charge in [-0.15, -0.1) is 0 Å². The van der Waals surface area contributed by atoms with Gasteiger partial charge in [-0.2, -0.15) is 0 Å². The summed E-state index contributed by atoms with van der Waals surface area (Å²) in [5.41, 5.74) is 0.864.